The average molecular weight is 266 g/mol. The molecule has 0 aliphatic rings. The molecule has 1 heterocycles. The Hall–Kier alpha value is -1.69. The minimum Gasteiger partial charge on any atom is -0.396 e. The number of carbonyl (C=O) groups excluding carboxylic acids is 1. The Morgan fingerprint density at radius 1 is 1.21 bits per heavy atom. The van der Waals surface area contributed by atoms with Gasteiger partial charge >= 0.3 is 0 Å². The summed E-state index contributed by atoms with van der Waals surface area (Å²) in [4.78, 5) is 13.1. The molecule has 0 unspecified atom stereocenters. The van der Waals surface area contributed by atoms with E-state index in [-0.39, 0.29) is 12.5 Å². The van der Waals surface area contributed by atoms with Crippen molar-refractivity contribution in [1.29, 1.82) is 0 Å². The SMILES string of the molecule is CN(C)C(=O)c1ccc(NCCCCCCO)nn1. The van der Waals surface area contributed by atoms with Gasteiger partial charge in [-0.25, -0.2) is 0 Å². The summed E-state index contributed by atoms with van der Waals surface area (Å²) in [5.41, 5.74) is 0.346. The van der Waals surface area contributed by atoms with Crippen LogP contribution in [0.25, 0.3) is 0 Å². The Labute approximate surface area is 113 Å². The fraction of sp³-hybridized carbons (Fsp3) is 0.615. The van der Waals surface area contributed by atoms with E-state index in [1.54, 1.807) is 26.2 Å². The first-order valence-electron chi connectivity index (χ1n) is 6.55. The van der Waals surface area contributed by atoms with Gasteiger partial charge in [-0.3, -0.25) is 4.79 Å². The van der Waals surface area contributed by atoms with E-state index in [0.29, 0.717) is 11.5 Å². The van der Waals surface area contributed by atoms with Crippen LogP contribution in [-0.2, 0) is 0 Å². The number of anilines is 1. The fourth-order valence-corrected chi connectivity index (χ4v) is 1.58. The zero-order valence-electron chi connectivity index (χ0n) is 11.6. The average Bonchev–Trinajstić information content (AvgIpc) is 2.42. The summed E-state index contributed by atoms with van der Waals surface area (Å²) in [6.07, 6.45) is 4.01. The predicted molar refractivity (Wildman–Crippen MR) is 74.1 cm³/mol. The number of aliphatic hydroxyl groups excluding tert-OH is 1. The highest BCUT2D eigenvalue weighted by atomic mass is 16.2. The smallest absolute Gasteiger partial charge is 0.273 e. The Kier molecular flexibility index (Phi) is 6.81. The van der Waals surface area contributed by atoms with E-state index in [2.05, 4.69) is 15.5 Å². The lowest BCUT2D eigenvalue weighted by Gasteiger charge is -2.09. The van der Waals surface area contributed by atoms with E-state index in [0.717, 1.165) is 32.2 Å². The molecule has 1 aromatic rings. The van der Waals surface area contributed by atoms with Crippen LogP contribution >= 0.6 is 0 Å². The molecule has 0 bridgehead atoms. The standard InChI is InChI=1S/C13H22N4O2/c1-17(2)13(19)11-7-8-12(16-15-11)14-9-5-3-4-6-10-18/h7-8,18H,3-6,9-10H2,1-2H3,(H,14,16). The summed E-state index contributed by atoms with van der Waals surface area (Å²) >= 11 is 0. The molecular weight excluding hydrogens is 244 g/mol. The summed E-state index contributed by atoms with van der Waals surface area (Å²) in [7, 11) is 3.37. The first kappa shape index (κ1) is 15.4. The van der Waals surface area contributed by atoms with Crippen molar-refractivity contribution in [1.82, 2.24) is 15.1 Å². The minimum absolute atomic E-state index is 0.150. The molecule has 6 nitrogen and oxygen atoms in total. The van der Waals surface area contributed by atoms with Crippen molar-refractivity contribution in [3.63, 3.8) is 0 Å². The molecule has 0 fully saturated rings. The van der Waals surface area contributed by atoms with Crippen molar-refractivity contribution in [2.24, 2.45) is 0 Å². The van der Waals surface area contributed by atoms with Gasteiger partial charge in [-0.2, -0.15) is 0 Å². The molecule has 0 spiro atoms. The second-order valence-corrected chi connectivity index (χ2v) is 4.57. The Bertz CT molecular complexity index is 379. The van der Waals surface area contributed by atoms with Crippen LogP contribution in [0.15, 0.2) is 12.1 Å². The number of nitrogens with one attached hydrogen (secondary N) is 1. The van der Waals surface area contributed by atoms with Crippen molar-refractivity contribution < 1.29 is 9.90 Å². The third-order valence-corrected chi connectivity index (χ3v) is 2.68. The van der Waals surface area contributed by atoms with E-state index >= 15 is 0 Å². The van der Waals surface area contributed by atoms with Gasteiger partial charge in [-0.05, 0) is 25.0 Å². The Balaban J connectivity index is 2.30. The normalized spacial score (nSPS) is 10.3. The van der Waals surface area contributed by atoms with Crippen molar-refractivity contribution in [3.05, 3.63) is 17.8 Å². The van der Waals surface area contributed by atoms with Gasteiger partial charge in [0.2, 0.25) is 0 Å². The second kappa shape index (κ2) is 8.42. The highest BCUT2D eigenvalue weighted by molar-refractivity contribution is 5.91. The molecule has 0 aliphatic heterocycles. The lowest BCUT2D eigenvalue weighted by molar-refractivity contribution is 0.0821. The Morgan fingerprint density at radius 2 is 1.95 bits per heavy atom. The van der Waals surface area contributed by atoms with Gasteiger partial charge < -0.3 is 15.3 Å². The number of aliphatic hydroxyl groups is 1. The number of hydrogen-bond acceptors (Lipinski definition) is 5. The van der Waals surface area contributed by atoms with E-state index < -0.39 is 0 Å². The number of aromatic nitrogens is 2. The zero-order valence-corrected chi connectivity index (χ0v) is 11.6. The maximum atomic E-state index is 11.6. The number of carbonyl (C=O) groups is 1. The van der Waals surface area contributed by atoms with Gasteiger partial charge in [0.15, 0.2) is 5.69 Å². The molecule has 0 atom stereocenters. The van der Waals surface area contributed by atoms with Crippen molar-refractivity contribution >= 4 is 11.7 Å². The first-order chi connectivity index (χ1) is 9.15. The monoisotopic (exact) mass is 266 g/mol. The molecule has 0 saturated carbocycles. The first-order valence-corrected chi connectivity index (χ1v) is 6.55. The number of nitrogens with zero attached hydrogens (tertiary/aromatic N) is 3. The van der Waals surface area contributed by atoms with Gasteiger partial charge in [0.1, 0.15) is 5.82 Å². The van der Waals surface area contributed by atoms with Crippen molar-refractivity contribution in [3.8, 4) is 0 Å². The molecule has 0 aromatic carbocycles. The van der Waals surface area contributed by atoms with Gasteiger partial charge in [0.25, 0.3) is 5.91 Å². The molecule has 1 amide bonds. The summed E-state index contributed by atoms with van der Waals surface area (Å²) in [6.45, 7) is 1.08. The lowest BCUT2D eigenvalue weighted by atomic mass is 10.2. The second-order valence-electron chi connectivity index (χ2n) is 4.57. The molecule has 19 heavy (non-hydrogen) atoms. The highest BCUT2D eigenvalue weighted by Gasteiger charge is 2.09. The van der Waals surface area contributed by atoms with Gasteiger partial charge in [0.05, 0.1) is 0 Å². The summed E-state index contributed by atoms with van der Waals surface area (Å²) in [6, 6.07) is 3.43. The van der Waals surface area contributed by atoms with Crippen LogP contribution in [0, 0.1) is 0 Å². The van der Waals surface area contributed by atoms with E-state index in [9.17, 15) is 4.79 Å². The molecule has 0 saturated heterocycles. The number of hydrogen-bond donors (Lipinski definition) is 2. The summed E-state index contributed by atoms with van der Waals surface area (Å²) in [5.74, 6) is 0.528. The third kappa shape index (κ3) is 5.65. The topological polar surface area (TPSA) is 78.4 Å². The largest absolute Gasteiger partial charge is 0.396 e. The van der Waals surface area contributed by atoms with E-state index in [1.165, 1.54) is 4.90 Å². The van der Waals surface area contributed by atoms with Crippen LogP contribution in [0.1, 0.15) is 36.2 Å². The molecule has 1 aromatic heterocycles. The van der Waals surface area contributed by atoms with Crippen LogP contribution in [0.3, 0.4) is 0 Å². The summed E-state index contributed by atoms with van der Waals surface area (Å²) in [5, 5.41) is 19.7. The van der Waals surface area contributed by atoms with E-state index in [4.69, 9.17) is 5.11 Å². The number of rotatable bonds is 8. The summed E-state index contributed by atoms with van der Waals surface area (Å²) < 4.78 is 0. The molecular formula is C13H22N4O2. The van der Waals surface area contributed by atoms with Crippen molar-refractivity contribution in [2.75, 3.05) is 32.6 Å². The molecule has 106 valence electrons. The van der Waals surface area contributed by atoms with Gasteiger partial charge in [0, 0.05) is 27.2 Å². The van der Waals surface area contributed by atoms with Crippen LogP contribution in [0.2, 0.25) is 0 Å². The molecule has 0 radical (unpaired) electrons. The maximum absolute atomic E-state index is 11.6. The third-order valence-electron chi connectivity index (χ3n) is 2.68. The van der Waals surface area contributed by atoms with Crippen LogP contribution in [0.5, 0.6) is 0 Å². The number of unbranched alkanes of at least 4 members (excludes halogenated alkanes) is 3. The highest BCUT2D eigenvalue weighted by Crippen LogP contribution is 2.05. The van der Waals surface area contributed by atoms with E-state index in [1.807, 2.05) is 0 Å². The predicted octanol–water partition coefficient (Wildman–Crippen LogP) is 1.14. The molecule has 0 aliphatic carbocycles. The fourth-order valence-electron chi connectivity index (χ4n) is 1.58. The molecule has 2 N–H and O–H groups in total. The Morgan fingerprint density at radius 3 is 2.53 bits per heavy atom. The van der Waals surface area contributed by atoms with Gasteiger partial charge in [-0.1, -0.05) is 12.8 Å². The molecule has 1 rings (SSSR count). The van der Waals surface area contributed by atoms with Crippen LogP contribution in [-0.4, -0.2) is 53.4 Å². The molecule has 6 heteroatoms. The zero-order chi connectivity index (χ0) is 14.1. The quantitative estimate of drug-likeness (QED) is 0.690. The van der Waals surface area contributed by atoms with Gasteiger partial charge in [-0.15, -0.1) is 10.2 Å². The number of amides is 1. The van der Waals surface area contributed by atoms with Crippen LogP contribution in [0.4, 0.5) is 5.82 Å². The van der Waals surface area contributed by atoms with Crippen LogP contribution < -0.4 is 5.32 Å². The maximum Gasteiger partial charge on any atom is 0.273 e. The van der Waals surface area contributed by atoms with Crippen molar-refractivity contribution in [2.45, 2.75) is 25.7 Å². The lowest BCUT2D eigenvalue weighted by Crippen LogP contribution is -2.23. The minimum atomic E-state index is -0.150.